The van der Waals surface area contributed by atoms with Crippen LogP contribution in [0.3, 0.4) is 0 Å². The molecule has 1 fully saturated rings. The molecule has 2 atom stereocenters. The van der Waals surface area contributed by atoms with E-state index in [1.807, 2.05) is 34.9 Å². The lowest BCUT2D eigenvalue weighted by Crippen LogP contribution is -2.55. The maximum Gasteiger partial charge on any atom is 0.254 e. The molecule has 2 aliphatic rings. The Balaban J connectivity index is 1.17. The third-order valence-electron chi connectivity index (χ3n) is 8.35. The summed E-state index contributed by atoms with van der Waals surface area (Å²) in [6, 6.07) is 16.9. The largest absolute Gasteiger partial charge is 0.339 e. The number of carbonyl (C=O) groups excluding carboxylic acids is 2. The first-order valence-electron chi connectivity index (χ1n) is 14.7. The molecule has 0 radical (unpaired) electrons. The van der Waals surface area contributed by atoms with Crippen molar-refractivity contribution in [3.05, 3.63) is 92.9 Å². The van der Waals surface area contributed by atoms with Gasteiger partial charge >= 0.3 is 0 Å². The van der Waals surface area contributed by atoms with Crippen LogP contribution in [0.2, 0.25) is 0 Å². The number of piperazine rings is 1. The molecule has 2 aromatic carbocycles. The van der Waals surface area contributed by atoms with Gasteiger partial charge in [0, 0.05) is 55.6 Å². The fraction of sp³-hybridized carbons (Fsp3) is 0.455. The highest BCUT2D eigenvalue weighted by molar-refractivity contribution is 7.10. The monoisotopic (exact) mass is 561 g/mol. The second-order valence-electron chi connectivity index (χ2n) is 11.1. The van der Waals surface area contributed by atoms with Gasteiger partial charge in [0.1, 0.15) is 5.82 Å². The van der Waals surface area contributed by atoms with E-state index in [9.17, 15) is 14.0 Å². The van der Waals surface area contributed by atoms with Crippen LogP contribution in [-0.2, 0) is 17.6 Å². The maximum absolute atomic E-state index is 14.1. The number of fused-ring (bicyclic) bond motifs is 1. The van der Waals surface area contributed by atoms with Gasteiger partial charge < -0.3 is 9.80 Å². The van der Waals surface area contributed by atoms with E-state index in [1.54, 1.807) is 23.5 Å². The second kappa shape index (κ2) is 13.1. The molecular weight excluding hydrogens is 521 g/mol. The van der Waals surface area contributed by atoms with Gasteiger partial charge in [-0.3, -0.25) is 14.5 Å². The van der Waals surface area contributed by atoms with Crippen LogP contribution in [0.15, 0.2) is 60.0 Å². The molecule has 5 nitrogen and oxygen atoms in total. The highest BCUT2D eigenvalue weighted by atomic mass is 32.1. The molecule has 0 saturated carbocycles. The van der Waals surface area contributed by atoms with Gasteiger partial charge in [0.05, 0.1) is 6.04 Å². The number of rotatable bonds is 9. The number of unbranched alkanes of at least 4 members (excludes halogenated alkanes) is 2. The minimum absolute atomic E-state index is 0.0371. The van der Waals surface area contributed by atoms with E-state index < -0.39 is 0 Å². The Morgan fingerprint density at radius 2 is 1.85 bits per heavy atom. The SMILES string of the molecule is CCCCCc1ccc(C(=O)N2CCN(C(=O)CCN3CCc4sccc4[C@H]3c3cccc(F)c3)C[C@H]2C)cc1. The summed E-state index contributed by atoms with van der Waals surface area (Å²) in [6.07, 6.45) is 6.01. The molecule has 0 N–H and O–H groups in total. The van der Waals surface area contributed by atoms with E-state index in [0.29, 0.717) is 38.2 Å². The normalized spacial score (nSPS) is 19.5. The predicted molar refractivity (Wildman–Crippen MR) is 159 cm³/mol. The van der Waals surface area contributed by atoms with Crippen molar-refractivity contribution in [3.8, 4) is 0 Å². The van der Waals surface area contributed by atoms with Gasteiger partial charge in [0.2, 0.25) is 5.91 Å². The molecular formula is C33H40FN3O2S. The standard InChI is InChI=1S/C33H40FN3O2S/c1-3-4-5-7-25-10-12-26(13-11-25)33(39)37-20-19-36(23-24(37)2)31(38)15-18-35-17-14-30-29(16-21-40-30)32(35)27-8-6-9-28(34)22-27/h6,8-13,16,21-22,24,32H,3-5,7,14-15,17-20,23H2,1-2H3/t24-,32-/m1/s1. The van der Waals surface area contributed by atoms with Gasteiger partial charge in [0.25, 0.3) is 5.91 Å². The molecule has 0 aliphatic carbocycles. The highest BCUT2D eigenvalue weighted by Crippen LogP contribution is 2.38. The van der Waals surface area contributed by atoms with Crippen molar-refractivity contribution in [1.29, 1.82) is 0 Å². The number of hydrogen-bond donors (Lipinski definition) is 0. The molecule has 2 aliphatic heterocycles. The zero-order chi connectivity index (χ0) is 28.1. The van der Waals surface area contributed by atoms with Crippen LogP contribution >= 0.6 is 11.3 Å². The van der Waals surface area contributed by atoms with Crippen molar-refractivity contribution in [2.24, 2.45) is 0 Å². The van der Waals surface area contributed by atoms with Crippen molar-refractivity contribution in [2.45, 2.75) is 64.5 Å². The van der Waals surface area contributed by atoms with E-state index in [-0.39, 0.29) is 29.7 Å². The van der Waals surface area contributed by atoms with Crippen LogP contribution < -0.4 is 0 Å². The van der Waals surface area contributed by atoms with Gasteiger partial charge in [-0.25, -0.2) is 4.39 Å². The fourth-order valence-corrected chi connectivity index (χ4v) is 7.02. The average Bonchev–Trinajstić information content (AvgIpc) is 3.44. The zero-order valence-corrected chi connectivity index (χ0v) is 24.5. The van der Waals surface area contributed by atoms with E-state index >= 15 is 0 Å². The molecule has 1 aromatic heterocycles. The topological polar surface area (TPSA) is 43.9 Å². The van der Waals surface area contributed by atoms with E-state index in [4.69, 9.17) is 0 Å². The molecule has 212 valence electrons. The Hall–Kier alpha value is -3.03. The van der Waals surface area contributed by atoms with Crippen LogP contribution in [0.5, 0.6) is 0 Å². The highest BCUT2D eigenvalue weighted by Gasteiger charge is 2.33. The van der Waals surface area contributed by atoms with E-state index in [2.05, 4.69) is 35.4 Å². The second-order valence-corrected chi connectivity index (χ2v) is 12.1. The quantitative estimate of drug-likeness (QED) is 0.287. The van der Waals surface area contributed by atoms with Crippen LogP contribution in [0.4, 0.5) is 4.39 Å². The lowest BCUT2D eigenvalue weighted by atomic mass is 9.93. The van der Waals surface area contributed by atoms with Crippen molar-refractivity contribution in [1.82, 2.24) is 14.7 Å². The Kier molecular flexibility index (Phi) is 9.33. The maximum atomic E-state index is 14.1. The number of amides is 2. The zero-order valence-electron chi connectivity index (χ0n) is 23.7. The van der Waals surface area contributed by atoms with Crippen LogP contribution in [0.1, 0.15) is 77.5 Å². The predicted octanol–water partition coefficient (Wildman–Crippen LogP) is 6.33. The molecule has 5 rings (SSSR count). The van der Waals surface area contributed by atoms with Crippen LogP contribution in [-0.4, -0.2) is 65.3 Å². The smallest absolute Gasteiger partial charge is 0.254 e. The molecule has 3 aromatic rings. The summed E-state index contributed by atoms with van der Waals surface area (Å²) in [5, 5.41) is 2.11. The summed E-state index contributed by atoms with van der Waals surface area (Å²) in [6.45, 7) is 7.32. The minimum Gasteiger partial charge on any atom is -0.339 e. The van der Waals surface area contributed by atoms with Gasteiger partial charge in [-0.1, -0.05) is 44.0 Å². The Bertz CT molecular complexity index is 1310. The summed E-state index contributed by atoms with van der Waals surface area (Å²) in [5.41, 5.74) is 4.15. The summed E-state index contributed by atoms with van der Waals surface area (Å²) in [7, 11) is 0. The van der Waals surface area contributed by atoms with Gasteiger partial charge in [-0.2, -0.15) is 0 Å². The van der Waals surface area contributed by atoms with Crippen LogP contribution in [0, 0.1) is 5.82 Å². The van der Waals surface area contributed by atoms with E-state index in [0.717, 1.165) is 24.9 Å². The summed E-state index contributed by atoms with van der Waals surface area (Å²) in [4.78, 5) is 34.0. The molecule has 0 unspecified atom stereocenters. The molecule has 0 spiro atoms. The number of aryl methyl sites for hydroxylation is 1. The third-order valence-corrected chi connectivity index (χ3v) is 9.35. The number of halogens is 1. The molecule has 7 heteroatoms. The molecule has 1 saturated heterocycles. The number of benzene rings is 2. The van der Waals surface area contributed by atoms with Gasteiger partial charge in [0.15, 0.2) is 0 Å². The van der Waals surface area contributed by atoms with Gasteiger partial charge in [-0.15, -0.1) is 11.3 Å². The number of thiophene rings is 1. The Morgan fingerprint density at radius 3 is 2.60 bits per heavy atom. The summed E-state index contributed by atoms with van der Waals surface area (Å²) in [5.74, 6) is -0.0813. The average molecular weight is 562 g/mol. The van der Waals surface area contributed by atoms with Crippen molar-refractivity contribution < 1.29 is 14.0 Å². The molecule has 0 bridgehead atoms. The summed E-state index contributed by atoms with van der Waals surface area (Å²) < 4.78 is 14.1. The van der Waals surface area contributed by atoms with Crippen molar-refractivity contribution in [2.75, 3.05) is 32.7 Å². The molecule has 3 heterocycles. The first-order chi connectivity index (χ1) is 19.4. The fourth-order valence-electron chi connectivity index (χ4n) is 6.12. The molecule has 2 amide bonds. The first kappa shape index (κ1) is 28.5. The minimum atomic E-state index is -0.236. The van der Waals surface area contributed by atoms with Crippen LogP contribution in [0.25, 0.3) is 0 Å². The molecule has 40 heavy (non-hydrogen) atoms. The first-order valence-corrected chi connectivity index (χ1v) is 15.6. The Labute approximate surface area is 241 Å². The Morgan fingerprint density at radius 1 is 1.02 bits per heavy atom. The lowest BCUT2D eigenvalue weighted by Gasteiger charge is -2.41. The van der Waals surface area contributed by atoms with Gasteiger partial charge in [-0.05, 0) is 78.6 Å². The van der Waals surface area contributed by atoms with E-state index in [1.165, 1.54) is 41.3 Å². The number of carbonyl (C=O) groups is 2. The lowest BCUT2D eigenvalue weighted by molar-refractivity contribution is -0.134. The summed E-state index contributed by atoms with van der Waals surface area (Å²) >= 11 is 1.75. The third kappa shape index (κ3) is 6.47. The number of nitrogens with zero attached hydrogens (tertiary/aromatic N) is 3. The van der Waals surface area contributed by atoms with Crippen molar-refractivity contribution in [3.63, 3.8) is 0 Å². The van der Waals surface area contributed by atoms with Crippen molar-refractivity contribution >= 4 is 23.2 Å². The number of hydrogen-bond acceptors (Lipinski definition) is 4.